The van der Waals surface area contributed by atoms with Crippen LogP contribution in [0.5, 0.6) is 0 Å². The van der Waals surface area contributed by atoms with Crippen molar-refractivity contribution in [3.63, 3.8) is 0 Å². The summed E-state index contributed by atoms with van der Waals surface area (Å²) in [5, 5.41) is 10.1. The van der Waals surface area contributed by atoms with Crippen LogP contribution in [0, 0.1) is 5.41 Å². The summed E-state index contributed by atoms with van der Waals surface area (Å²) in [6.45, 7) is 7.68. The lowest BCUT2D eigenvalue weighted by molar-refractivity contribution is 0.262. The van der Waals surface area contributed by atoms with Crippen molar-refractivity contribution >= 4 is 34.0 Å². The van der Waals surface area contributed by atoms with Crippen molar-refractivity contribution in [2.45, 2.75) is 33.2 Å². The van der Waals surface area contributed by atoms with Gasteiger partial charge in [-0.2, -0.15) is 0 Å². The molecule has 1 aromatic carbocycles. The Morgan fingerprint density at radius 3 is 2.73 bits per heavy atom. The van der Waals surface area contributed by atoms with E-state index in [1.54, 1.807) is 18.5 Å². The number of fused-ring (bicyclic) bond motifs is 1. The highest BCUT2D eigenvalue weighted by Crippen LogP contribution is 2.31. The van der Waals surface area contributed by atoms with Crippen molar-refractivity contribution < 1.29 is 4.79 Å². The lowest BCUT2D eigenvalue weighted by atomic mass is 9.82. The summed E-state index contributed by atoms with van der Waals surface area (Å²) in [5.74, 6) is 0.391. The Kier molecular flexibility index (Phi) is 5.46. The normalized spacial score (nSPS) is 16.8. The van der Waals surface area contributed by atoms with E-state index in [2.05, 4.69) is 69.9 Å². The van der Waals surface area contributed by atoms with Gasteiger partial charge in [0.05, 0.1) is 17.4 Å². The van der Waals surface area contributed by atoms with E-state index in [0.717, 1.165) is 29.4 Å². The Hall–Kier alpha value is -3.32. The van der Waals surface area contributed by atoms with Crippen LogP contribution in [-0.4, -0.2) is 33.6 Å². The molecule has 3 N–H and O–H groups in total. The Morgan fingerprint density at radius 2 is 1.97 bits per heavy atom. The molecule has 1 aliphatic rings. The van der Waals surface area contributed by atoms with Crippen LogP contribution >= 0.6 is 0 Å². The van der Waals surface area contributed by atoms with Crippen LogP contribution in [-0.2, 0) is 0 Å². The Balaban J connectivity index is 1.62. The molecule has 0 saturated carbocycles. The summed E-state index contributed by atoms with van der Waals surface area (Å²) >= 11 is 0. The molecule has 0 spiro atoms. The minimum Gasteiger partial charge on any atom is -0.310 e. The third-order valence-electron chi connectivity index (χ3n) is 5.22. The molecule has 0 aliphatic carbocycles. The highest BCUT2D eigenvalue weighted by molar-refractivity contribution is 6.05. The zero-order valence-electron chi connectivity index (χ0n) is 17.4. The number of aromatic nitrogens is 3. The van der Waals surface area contributed by atoms with Gasteiger partial charge in [0, 0.05) is 30.0 Å². The van der Waals surface area contributed by atoms with Gasteiger partial charge in [-0.1, -0.05) is 32.9 Å². The number of hydrogen-bond donors (Lipinski definition) is 3. The van der Waals surface area contributed by atoms with E-state index in [1.165, 1.54) is 18.0 Å². The molecule has 154 valence electrons. The zero-order valence-corrected chi connectivity index (χ0v) is 17.4. The van der Waals surface area contributed by atoms with E-state index in [-0.39, 0.29) is 11.4 Å². The second-order valence-corrected chi connectivity index (χ2v) is 8.50. The van der Waals surface area contributed by atoms with Crippen LogP contribution in [0.4, 0.5) is 16.3 Å². The number of nitrogens with zero attached hydrogens (tertiary/aromatic N) is 3. The Labute approximate surface area is 176 Å². The van der Waals surface area contributed by atoms with Crippen molar-refractivity contribution in [2.24, 2.45) is 5.41 Å². The summed E-state index contributed by atoms with van der Waals surface area (Å²) in [4.78, 5) is 24.9. The van der Waals surface area contributed by atoms with Gasteiger partial charge in [-0.15, -0.1) is 0 Å². The Morgan fingerprint density at radius 1 is 1.10 bits per heavy atom. The quantitative estimate of drug-likeness (QED) is 0.602. The number of nitrogens with one attached hydrogen (secondary N) is 3. The number of hydrogen-bond acceptors (Lipinski definition) is 5. The summed E-state index contributed by atoms with van der Waals surface area (Å²) < 4.78 is 0. The molecule has 0 bridgehead atoms. The molecule has 1 aliphatic heterocycles. The molecular weight excluding hydrogens is 376 g/mol. The van der Waals surface area contributed by atoms with Crippen LogP contribution in [0.1, 0.15) is 32.8 Å². The second-order valence-electron chi connectivity index (χ2n) is 8.50. The first-order valence-electron chi connectivity index (χ1n) is 10.1. The molecule has 7 nitrogen and oxygen atoms in total. The smallest absolute Gasteiger partial charge is 0.310 e. The van der Waals surface area contributed by atoms with Crippen LogP contribution in [0.25, 0.3) is 16.5 Å². The third kappa shape index (κ3) is 4.46. The van der Waals surface area contributed by atoms with E-state index in [1.807, 2.05) is 6.07 Å². The molecule has 2 aromatic heterocycles. The summed E-state index contributed by atoms with van der Waals surface area (Å²) in [6.07, 6.45) is 9.57. The molecule has 0 radical (unpaired) electrons. The van der Waals surface area contributed by atoms with Crippen molar-refractivity contribution in [3.05, 3.63) is 60.7 Å². The number of carbonyl (C=O) groups excluding carboxylic acids is 1. The first-order valence-corrected chi connectivity index (χ1v) is 10.1. The topological polar surface area (TPSA) is 91.8 Å². The maximum Gasteiger partial charge on any atom is 0.324 e. The number of benzene rings is 1. The Bertz CT molecular complexity index is 1090. The molecule has 0 saturated heterocycles. The summed E-state index contributed by atoms with van der Waals surface area (Å²) in [7, 11) is 0. The maximum atomic E-state index is 12.4. The standard InChI is InChI=1S/C23H26N6O/c1-23(2,3)20-13-16(6-8-26-20)15-4-5-18-17(12-15)19(7-9-25-18)28-22(30)29-21-14-24-10-11-27-21/h4-5,7,9-14,20,26H,6,8H2,1-3H3,(H2,25,27,28,29,30). The minimum atomic E-state index is -0.373. The molecule has 1 atom stereocenters. The van der Waals surface area contributed by atoms with E-state index in [0.29, 0.717) is 17.5 Å². The van der Waals surface area contributed by atoms with Gasteiger partial charge in [-0.3, -0.25) is 15.3 Å². The van der Waals surface area contributed by atoms with Crippen LogP contribution in [0.15, 0.2) is 55.1 Å². The van der Waals surface area contributed by atoms with Gasteiger partial charge >= 0.3 is 6.03 Å². The molecule has 0 fully saturated rings. The molecule has 30 heavy (non-hydrogen) atoms. The van der Waals surface area contributed by atoms with Crippen molar-refractivity contribution in [1.82, 2.24) is 20.3 Å². The van der Waals surface area contributed by atoms with E-state index >= 15 is 0 Å². The van der Waals surface area contributed by atoms with E-state index in [4.69, 9.17) is 0 Å². The highest BCUT2D eigenvalue weighted by atomic mass is 16.2. The number of amides is 2. The molecule has 2 amide bonds. The molecular formula is C23H26N6O. The molecule has 3 heterocycles. The van der Waals surface area contributed by atoms with Gasteiger partial charge in [0.15, 0.2) is 5.82 Å². The van der Waals surface area contributed by atoms with Gasteiger partial charge in [-0.05, 0) is 47.7 Å². The second kappa shape index (κ2) is 8.20. The number of anilines is 2. The van der Waals surface area contributed by atoms with Crippen molar-refractivity contribution in [2.75, 3.05) is 17.2 Å². The number of carbonyl (C=O) groups is 1. The number of urea groups is 1. The maximum absolute atomic E-state index is 12.4. The SMILES string of the molecule is CC(C)(C)C1C=C(c2ccc3nccc(NC(=O)Nc4cnccn4)c3c2)CCN1. The van der Waals surface area contributed by atoms with Crippen LogP contribution in [0.3, 0.4) is 0 Å². The van der Waals surface area contributed by atoms with Gasteiger partial charge in [-0.25, -0.2) is 9.78 Å². The zero-order chi connectivity index (χ0) is 21.1. The fourth-order valence-corrected chi connectivity index (χ4v) is 3.59. The summed E-state index contributed by atoms with van der Waals surface area (Å²) in [5.41, 5.74) is 4.15. The largest absolute Gasteiger partial charge is 0.324 e. The average Bonchev–Trinajstić information content (AvgIpc) is 2.74. The van der Waals surface area contributed by atoms with Gasteiger partial charge in [0.2, 0.25) is 0 Å². The van der Waals surface area contributed by atoms with Gasteiger partial charge in [0.1, 0.15) is 0 Å². The average molecular weight is 403 g/mol. The lowest BCUT2D eigenvalue weighted by Crippen LogP contribution is -2.41. The van der Waals surface area contributed by atoms with Crippen LogP contribution < -0.4 is 16.0 Å². The predicted octanol–water partition coefficient (Wildman–Crippen LogP) is 4.46. The first-order chi connectivity index (χ1) is 14.4. The monoisotopic (exact) mass is 402 g/mol. The summed E-state index contributed by atoms with van der Waals surface area (Å²) in [6, 6.07) is 7.97. The molecule has 7 heteroatoms. The van der Waals surface area contributed by atoms with Gasteiger partial charge < -0.3 is 10.6 Å². The molecule has 4 rings (SSSR count). The number of pyridine rings is 1. The van der Waals surface area contributed by atoms with E-state index < -0.39 is 0 Å². The fourth-order valence-electron chi connectivity index (χ4n) is 3.59. The minimum absolute atomic E-state index is 0.148. The highest BCUT2D eigenvalue weighted by Gasteiger charge is 2.25. The fraction of sp³-hybridized carbons (Fsp3) is 0.304. The lowest BCUT2D eigenvalue weighted by Gasteiger charge is -2.33. The molecule has 1 unspecified atom stereocenters. The van der Waals surface area contributed by atoms with Crippen molar-refractivity contribution in [1.29, 1.82) is 0 Å². The third-order valence-corrected chi connectivity index (χ3v) is 5.22. The van der Waals surface area contributed by atoms with Crippen LogP contribution in [0.2, 0.25) is 0 Å². The number of rotatable bonds is 3. The van der Waals surface area contributed by atoms with E-state index in [9.17, 15) is 4.79 Å². The predicted molar refractivity (Wildman–Crippen MR) is 120 cm³/mol. The molecule has 3 aromatic rings. The van der Waals surface area contributed by atoms with Crippen molar-refractivity contribution in [3.8, 4) is 0 Å². The van der Waals surface area contributed by atoms with Gasteiger partial charge in [0.25, 0.3) is 0 Å². The first kappa shape index (κ1) is 20.0.